The summed E-state index contributed by atoms with van der Waals surface area (Å²) in [5.41, 5.74) is 2.44. The van der Waals surface area contributed by atoms with Crippen LogP contribution in [0.4, 0.5) is 0 Å². The van der Waals surface area contributed by atoms with Gasteiger partial charge in [-0.3, -0.25) is 0 Å². The van der Waals surface area contributed by atoms with E-state index in [-0.39, 0.29) is 11.2 Å². The van der Waals surface area contributed by atoms with Crippen LogP contribution in [0.1, 0.15) is 25.0 Å². The third-order valence-corrected chi connectivity index (χ3v) is 4.22. The second kappa shape index (κ2) is 3.14. The second-order valence-electron chi connectivity index (χ2n) is 5.82. The molecular formula is C16H16O2. The Kier molecular flexibility index (Phi) is 1.84. The van der Waals surface area contributed by atoms with Crippen molar-refractivity contribution < 1.29 is 9.47 Å². The molecule has 2 nitrogen and oxygen atoms in total. The molecule has 2 aromatic rings. The van der Waals surface area contributed by atoms with Crippen LogP contribution in [0.3, 0.4) is 0 Å². The molecule has 0 bridgehead atoms. The summed E-state index contributed by atoms with van der Waals surface area (Å²) in [4.78, 5) is 0. The van der Waals surface area contributed by atoms with E-state index in [4.69, 9.17) is 9.47 Å². The summed E-state index contributed by atoms with van der Waals surface area (Å²) in [6.07, 6.45) is 0. The van der Waals surface area contributed by atoms with E-state index < -0.39 is 0 Å². The van der Waals surface area contributed by atoms with Gasteiger partial charge < -0.3 is 9.47 Å². The molecule has 0 spiro atoms. The first-order valence-electron chi connectivity index (χ1n) is 6.42. The van der Waals surface area contributed by atoms with E-state index >= 15 is 0 Å². The van der Waals surface area contributed by atoms with Crippen molar-refractivity contribution in [3.8, 4) is 0 Å². The minimum absolute atomic E-state index is 0.0514. The second-order valence-corrected chi connectivity index (χ2v) is 5.82. The van der Waals surface area contributed by atoms with Gasteiger partial charge in [-0.25, -0.2) is 0 Å². The van der Waals surface area contributed by atoms with Crippen LogP contribution in [0.15, 0.2) is 36.4 Å². The molecule has 2 aromatic carbocycles. The van der Waals surface area contributed by atoms with Crippen molar-refractivity contribution in [1.29, 1.82) is 0 Å². The van der Waals surface area contributed by atoms with E-state index in [1.54, 1.807) is 0 Å². The molecule has 2 heteroatoms. The van der Waals surface area contributed by atoms with Gasteiger partial charge in [-0.15, -0.1) is 0 Å². The van der Waals surface area contributed by atoms with Gasteiger partial charge in [-0.1, -0.05) is 24.3 Å². The summed E-state index contributed by atoms with van der Waals surface area (Å²) in [5, 5.41) is 2.55. The molecule has 2 unspecified atom stereocenters. The first kappa shape index (κ1) is 10.5. The minimum Gasteiger partial charge on any atom is -0.365 e. The molecule has 0 radical (unpaired) electrons. The van der Waals surface area contributed by atoms with Gasteiger partial charge in [0.25, 0.3) is 0 Å². The fourth-order valence-corrected chi connectivity index (χ4v) is 2.45. The van der Waals surface area contributed by atoms with Gasteiger partial charge in [-0.05, 0) is 47.9 Å². The Morgan fingerprint density at radius 1 is 0.778 bits per heavy atom. The number of rotatable bonds is 2. The lowest BCUT2D eigenvalue weighted by Crippen LogP contribution is -2.03. The van der Waals surface area contributed by atoms with E-state index in [9.17, 15) is 0 Å². The summed E-state index contributed by atoms with van der Waals surface area (Å²) >= 11 is 0. The zero-order valence-electron chi connectivity index (χ0n) is 10.7. The van der Waals surface area contributed by atoms with Gasteiger partial charge in [0.15, 0.2) is 0 Å². The average molecular weight is 240 g/mol. The lowest BCUT2D eigenvalue weighted by Gasteiger charge is -2.10. The predicted octanol–water partition coefficient (Wildman–Crippen LogP) is 3.33. The maximum atomic E-state index is 5.52. The average Bonchev–Trinajstić information content (AvgIpc) is 3.29. The molecule has 92 valence electrons. The number of hydrogen-bond donors (Lipinski definition) is 0. The van der Waals surface area contributed by atoms with Crippen molar-refractivity contribution >= 4 is 10.8 Å². The van der Waals surface area contributed by atoms with Crippen molar-refractivity contribution in [1.82, 2.24) is 0 Å². The fourth-order valence-electron chi connectivity index (χ4n) is 2.45. The van der Waals surface area contributed by atoms with Gasteiger partial charge in [0.05, 0.1) is 13.2 Å². The third kappa shape index (κ3) is 1.49. The van der Waals surface area contributed by atoms with E-state index in [2.05, 4.69) is 50.2 Å². The zero-order valence-corrected chi connectivity index (χ0v) is 10.7. The van der Waals surface area contributed by atoms with Crippen LogP contribution in [0.25, 0.3) is 10.8 Å². The summed E-state index contributed by atoms with van der Waals surface area (Å²) in [6, 6.07) is 13.2. The first-order valence-corrected chi connectivity index (χ1v) is 6.42. The van der Waals surface area contributed by atoms with Crippen LogP contribution in [0, 0.1) is 0 Å². The van der Waals surface area contributed by atoms with Crippen molar-refractivity contribution in [2.24, 2.45) is 0 Å². The number of fused-ring (bicyclic) bond motifs is 1. The number of ether oxygens (including phenoxy) is 2. The number of benzene rings is 2. The summed E-state index contributed by atoms with van der Waals surface area (Å²) in [5.74, 6) is 0. The smallest absolute Gasteiger partial charge is 0.114 e. The molecule has 2 heterocycles. The fraction of sp³-hybridized carbons (Fsp3) is 0.375. The Labute approximate surface area is 107 Å². The van der Waals surface area contributed by atoms with Crippen molar-refractivity contribution in [2.45, 2.75) is 25.0 Å². The van der Waals surface area contributed by atoms with Crippen LogP contribution >= 0.6 is 0 Å². The molecule has 2 saturated heterocycles. The van der Waals surface area contributed by atoms with Crippen molar-refractivity contribution in [2.75, 3.05) is 13.2 Å². The monoisotopic (exact) mass is 240 g/mol. The zero-order chi connectivity index (χ0) is 12.4. The van der Waals surface area contributed by atoms with E-state index in [1.807, 2.05) is 0 Å². The summed E-state index contributed by atoms with van der Waals surface area (Å²) in [7, 11) is 0. The Balaban J connectivity index is 1.86. The predicted molar refractivity (Wildman–Crippen MR) is 70.6 cm³/mol. The molecule has 0 N–H and O–H groups in total. The Morgan fingerprint density at radius 2 is 1.22 bits per heavy atom. The molecule has 0 aromatic heterocycles. The molecule has 18 heavy (non-hydrogen) atoms. The van der Waals surface area contributed by atoms with E-state index in [0.717, 1.165) is 13.2 Å². The van der Waals surface area contributed by atoms with Crippen molar-refractivity contribution in [3.05, 3.63) is 47.5 Å². The SMILES string of the molecule is CC1(c2ccc3ccc(C4(C)CO4)cc3c2)CO1. The Hall–Kier alpha value is -1.38. The lowest BCUT2D eigenvalue weighted by molar-refractivity contribution is 0.329. The topological polar surface area (TPSA) is 25.1 Å². The van der Waals surface area contributed by atoms with E-state index in [1.165, 1.54) is 21.9 Å². The number of epoxide rings is 2. The van der Waals surface area contributed by atoms with E-state index in [0.29, 0.717) is 0 Å². The summed E-state index contributed by atoms with van der Waals surface area (Å²) in [6.45, 7) is 5.95. The lowest BCUT2D eigenvalue weighted by atomic mass is 9.94. The highest BCUT2D eigenvalue weighted by atomic mass is 16.6. The summed E-state index contributed by atoms with van der Waals surface area (Å²) < 4.78 is 11.0. The van der Waals surface area contributed by atoms with Gasteiger partial charge in [0.1, 0.15) is 11.2 Å². The molecule has 2 fully saturated rings. The maximum Gasteiger partial charge on any atom is 0.114 e. The van der Waals surface area contributed by atoms with Crippen molar-refractivity contribution in [3.63, 3.8) is 0 Å². The molecule has 2 aliphatic heterocycles. The first-order chi connectivity index (χ1) is 8.59. The highest BCUT2D eigenvalue weighted by Gasteiger charge is 2.42. The molecule has 2 aliphatic rings. The highest BCUT2D eigenvalue weighted by molar-refractivity contribution is 5.84. The Bertz CT molecular complexity index is 584. The molecule has 0 saturated carbocycles. The van der Waals surface area contributed by atoms with Gasteiger partial charge in [0, 0.05) is 0 Å². The van der Waals surface area contributed by atoms with Gasteiger partial charge >= 0.3 is 0 Å². The molecule has 4 rings (SSSR count). The van der Waals surface area contributed by atoms with Gasteiger partial charge in [-0.2, -0.15) is 0 Å². The molecular weight excluding hydrogens is 224 g/mol. The van der Waals surface area contributed by atoms with Crippen LogP contribution in [-0.4, -0.2) is 13.2 Å². The largest absolute Gasteiger partial charge is 0.365 e. The van der Waals surface area contributed by atoms with Crippen LogP contribution < -0.4 is 0 Å². The Morgan fingerprint density at radius 3 is 1.61 bits per heavy atom. The molecule has 0 aliphatic carbocycles. The highest BCUT2D eigenvalue weighted by Crippen LogP contribution is 2.41. The minimum atomic E-state index is -0.0514. The number of hydrogen-bond acceptors (Lipinski definition) is 2. The molecule has 0 amide bonds. The maximum absolute atomic E-state index is 5.52. The standard InChI is InChI=1S/C16H16O2/c1-15(9-17-15)13-5-3-11-4-6-14(8-12(11)7-13)16(2)10-18-16/h3-8H,9-10H2,1-2H3. The third-order valence-electron chi connectivity index (χ3n) is 4.22. The molecule has 2 atom stereocenters. The van der Waals surface area contributed by atoms with Gasteiger partial charge in [0.2, 0.25) is 0 Å². The van der Waals surface area contributed by atoms with Crippen LogP contribution in [0.2, 0.25) is 0 Å². The van der Waals surface area contributed by atoms with Crippen LogP contribution in [0.5, 0.6) is 0 Å². The normalized spacial score (nSPS) is 33.7. The van der Waals surface area contributed by atoms with Crippen LogP contribution in [-0.2, 0) is 20.7 Å². The quantitative estimate of drug-likeness (QED) is 0.752.